The van der Waals surface area contributed by atoms with Crippen LogP contribution in [0.4, 0.5) is 0 Å². The number of ketones is 1. The van der Waals surface area contributed by atoms with Gasteiger partial charge < -0.3 is 14.6 Å². The zero-order valence-corrected chi connectivity index (χ0v) is 11.9. The lowest BCUT2D eigenvalue weighted by Crippen LogP contribution is -2.53. The highest BCUT2D eigenvalue weighted by molar-refractivity contribution is 5.91. The van der Waals surface area contributed by atoms with Crippen LogP contribution in [0.5, 0.6) is 5.75 Å². The molecule has 1 N–H and O–H groups in total. The van der Waals surface area contributed by atoms with Crippen molar-refractivity contribution in [3.8, 4) is 5.75 Å². The number of benzene rings is 1. The summed E-state index contributed by atoms with van der Waals surface area (Å²) in [5.74, 6) is 0.264. The molecule has 1 heterocycles. The molecule has 1 aromatic rings. The van der Waals surface area contributed by atoms with Crippen molar-refractivity contribution in [2.45, 2.75) is 31.2 Å². The third-order valence-electron chi connectivity index (χ3n) is 4.13. The van der Waals surface area contributed by atoms with Gasteiger partial charge in [-0.1, -0.05) is 18.7 Å². The summed E-state index contributed by atoms with van der Waals surface area (Å²) in [4.78, 5) is 11.6. The molecule has 4 heteroatoms. The molecule has 0 radical (unpaired) electrons. The lowest BCUT2D eigenvalue weighted by Gasteiger charge is -2.44. The van der Waals surface area contributed by atoms with Crippen LogP contribution < -0.4 is 0 Å². The van der Waals surface area contributed by atoms with Crippen molar-refractivity contribution >= 4 is 11.4 Å². The van der Waals surface area contributed by atoms with Gasteiger partial charge in [-0.05, 0) is 42.3 Å². The molecule has 1 saturated heterocycles. The van der Waals surface area contributed by atoms with E-state index in [2.05, 4.69) is 6.58 Å². The number of phenolic OH excluding ortho intramolecular Hbond substituents is 1. The van der Waals surface area contributed by atoms with Gasteiger partial charge in [0.05, 0.1) is 12.7 Å². The molecule has 0 aromatic heterocycles. The van der Waals surface area contributed by atoms with Crippen LogP contribution >= 0.6 is 0 Å². The molecule has 2 aliphatic rings. The smallest absolute Gasteiger partial charge is 0.158 e. The van der Waals surface area contributed by atoms with Crippen molar-refractivity contribution in [2.75, 3.05) is 6.61 Å². The Hall–Kier alpha value is -1.91. The molecule has 21 heavy (non-hydrogen) atoms. The van der Waals surface area contributed by atoms with E-state index in [0.29, 0.717) is 13.0 Å². The van der Waals surface area contributed by atoms with Crippen molar-refractivity contribution < 1.29 is 19.4 Å². The van der Waals surface area contributed by atoms with E-state index in [-0.39, 0.29) is 23.7 Å². The summed E-state index contributed by atoms with van der Waals surface area (Å²) >= 11 is 0. The predicted octanol–water partition coefficient (Wildman–Crippen LogP) is 2.48. The van der Waals surface area contributed by atoms with Crippen LogP contribution in [-0.4, -0.2) is 35.3 Å². The van der Waals surface area contributed by atoms with E-state index in [0.717, 1.165) is 11.1 Å². The van der Waals surface area contributed by atoms with Crippen LogP contribution in [0.25, 0.3) is 5.57 Å². The Morgan fingerprint density at radius 1 is 1.38 bits per heavy atom. The summed E-state index contributed by atoms with van der Waals surface area (Å²) < 4.78 is 12.0. The Morgan fingerprint density at radius 3 is 2.81 bits per heavy atom. The molecule has 0 bridgehead atoms. The second kappa shape index (κ2) is 5.13. The molecule has 1 aromatic carbocycles. The van der Waals surface area contributed by atoms with Gasteiger partial charge >= 0.3 is 0 Å². The summed E-state index contributed by atoms with van der Waals surface area (Å²) in [5, 5.41) is 9.34. The maximum Gasteiger partial charge on any atom is 0.158 e. The molecule has 1 aliphatic carbocycles. The molecular weight excluding hydrogens is 268 g/mol. The van der Waals surface area contributed by atoms with E-state index < -0.39 is 5.60 Å². The monoisotopic (exact) mass is 286 g/mol. The second-order valence-electron chi connectivity index (χ2n) is 5.68. The molecule has 0 amide bonds. The third-order valence-corrected chi connectivity index (χ3v) is 4.13. The van der Waals surface area contributed by atoms with E-state index in [1.54, 1.807) is 36.4 Å². The molecule has 1 fully saturated rings. The summed E-state index contributed by atoms with van der Waals surface area (Å²) in [6, 6.07) is 6.81. The highest BCUT2D eigenvalue weighted by Gasteiger charge is 2.44. The van der Waals surface area contributed by atoms with Gasteiger partial charge in [0.2, 0.25) is 0 Å². The van der Waals surface area contributed by atoms with Gasteiger partial charge in [-0.15, -0.1) is 0 Å². The van der Waals surface area contributed by atoms with Crippen LogP contribution in [0.1, 0.15) is 18.9 Å². The Bertz CT molecular complexity index is 602. The maximum atomic E-state index is 11.6. The minimum atomic E-state index is -0.542. The number of carbonyl (C=O) groups is 1. The lowest BCUT2D eigenvalue weighted by molar-refractivity contribution is -0.196. The Balaban J connectivity index is 1.77. The molecule has 0 saturated carbocycles. The van der Waals surface area contributed by atoms with Crippen LogP contribution in [-0.2, 0) is 14.3 Å². The van der Waals surface area contributed by atoms with Crippen molar-refractivity contribution in [3.05, 3.63) is 48.6 Å². The number of hydrogen-bond acceptors (Lipinski definition) is 4. The number of phenols is 1. The van der Waals surface area contributed by atoms with Crippen LogP contribution in [0, 0.1) is 0 Å². The van der Waals surface area contributed by atoms with Gasteiger partial charge in [0.25, 0.3) is 0 Å². The lowest BCUT2D eigenvalue weighted by atomic mass is 9.87. The van der Waals surface area contributed by atoms with E-state index in [4.69, 9.17) is 9.47 Å². The number of rotatable bonds is 2. The quantitative estimate of drug-likeness (QED) is 0.907. The van der Waals surface area contributed by atoms with Crippen LogP contribution in [0.2, 0.25) is 0 Å². The molecule has 1 aliphatic heterocycles. The summed E-state index contributed by atoms with van der Waals surface area (Å²) in [6.45, 7) is 6.39. The van der Waals surface area contributed by atoms with Gasteiger partial charge in [0.15, 0.2) is 5.78 Å². The van der Waals surface area contributed by atoms with Crippen molar-refractivity contribution in [1.29, 1.82) is 0 Å². The Kier molecular flexibility index (Phi) is 3.43. The van der Waals surface area contributed by atoms with Gasteiger partial charge in [-0.3, -0.25) is 4.79 Å². The fourth-order valence-corrected chi connectivity index (χ4v) is 2.68. The molecule has 4 nitrogen and oxygen atoms in total. The van der Waals surface area contributed by atoms with Gasteiger partial charge in [-0.25, -0.2) is 0 Å². The molecule has 3 atom stereocenters. The molecule has 3 rings (SSSR count). The maximum absolute atomic E-state index is 11.6. The molecule has 110 valence electrons. The second-order valence-corrected chi connectivity index (χ2v) is 5.68. The molecule has 0 spiro atoms. The van der Waals surface area contributed by atoms with E-state index in [9.17, 15) is 9.90 Å². The SMILES string of the molecule is C=C(c1ccc(O)cc1)[C@H]1CO[C@@]2(C)C=CC(=O)C[C@H]2O1. The van der Waals surface area contributed by atoms with Gasteiger partial charge in [0.1, 0.15) is 17.5 Å². The highest BCUT2D eigenvalue weighted by atomic mass is 16.6. The summed E-state index contributed by atoms with van der Waals surface area (Å²) in [5.41, 5.74) is 1.14. The van der Waals surface area contributed by atoms with Crippen molar-refractivity contribution in [2.24, 2.45) is 0 Å². The first-order valence-corrected chi connectivity index (χ1v) is 6.97. The standard InChI is InChI=1S/C17H18O4/c1-11(12-3-5-13(18)6-4-12)15-10-20-17(2)8-7-14(19)9-16(17)21-15/h3-8,15-16,18H,1,9-10H2,2H3/t15-,16-,17+/m1/s1. The summed E-state index contributed by atoms with van der Waals surface area (Å²) in [6.07, 6.45) is 3.10. The van der Waals surface area contributed by atoms with Crippen molar-refractivity contribution in [1.82, 2.24) is 0 Å². The van der Waals surface area contributed by atoms with Crippen LogP contribution in [0.15, 0.2) is 43.0 Å². The molecule has 0 unspecified atom stereocenters. The minimum absolute atomic E-state index is 0.0528. The summed E-state index contributed by atoms with van der Waals surface area (Å²) in [7, 11) is 0. The predicted molar refractivity (Wildman–Crippen MR) is 78.9 cm³/mol. The van der Waals surface area contributed by atoms with Gasteiger partial charge in [-0.2, -0.15) is 0 Å². The Labute approximate surface area is 123 Å². The van der Waals surface area contributed by atoms with Gasteiger partial charge in [0, 0.05) is 6.42 Å². The number of fused-ring (bicyclic) bond motifs is 1. The Morgan fingerprint density at radius 2 is 2.10 bits per heavy atom. The van der Waals surface area contributed by atoms with E-state index in [1.165, 1.54) is 0 Å². The first-order chi connectivity index (χ1) is 9.98. The largest absolute Gasteiger partial charge is 0.508 e. The first kappa shape index (κ1) is 14.0. The topological polar surface area (TPSA) is 55.8 Å². The zero-order chi connectivity index (χ0) is 15.0. The highest BCUT2D eigenvalue weighted by Crippen LogP contribution is 2.35. The zero-order valence-electron chi connectivity index (χ0n) is 11.9. The number of allylic oxidation sites excluding steroid dienone is 1. The van der Waals surface area contributed by atoms with Crippen LogP contribution in [0.3, 0.4) is 0 Å². The third kappa shape index (κ3) is 2.64. The number of carbonyl (C=O) groups excluding carboxylic acids is 1. The minimum Gasteiger partial charge on any atom is -0.508 e. The number of aromatic hydroxyl groups is 1. The average molecular weight is 286 g/mol. The van der Waals surface area contributed by atoms with E-state index >= 15 is 0 Å². The normalized spacial score (nSPS) is 31.8. The average Bonchev–Trinajstić information content (AvgIpc) is 2.47. The number of hydrogen-bond donors (Lipinski definition) is 1. The fraction of sp³-hybridized carbons (Fsp3) is 0.353. The first-order valence-electron chi connectivity index (χ1n) is 6.97. The fourth-order valence-electron chi connectivity index (χ4n) is 2.68. The number of ether oxygens (including phenoxy) is 2. The van der Waals surface area contributed by atoms with E-state index in [1.807, 2.05) is 6.92 Å². The molecular formula is C17H18O4. The van der Waals surface area contributed by atoms with Crippen molar-refractivity contribution in [3.63, 3.8) is 0 Å².